The first-order chi connectivity index (χ1) is 9.65. The zero-order valence-electron chi connectivity index (χ0n) is 11.7. The van der Waals surface area contributed by atoms with Gasteiger partial charge in [0.15, 0.2) is 0 Å². The number of amides is 1. The Bertz CT molecular complexity index is 478. The van der Waals surface area contributed by atoms with Gasteiger partial charge in [-0.05, 0) is 50.6 Å². The number of nitrogens with one attached hydrogen (secondary N) is 1. The molecule has 1 aromatic rings. The third-order valence-corrected chi connectivity index (χ3v) is 3.68. The van der Waals surface area contributed by atoms with Gasteiger partial charge in [0.2, 0.25) is 0 Å². The zero-order chi connectivity index (χ0) is 14.4. The molecule has 4 nitrogen and oxygen atoms in total. The summed E-state index contributed by atoms with van der Waals surface area (Å²) in [6.07, 6.45) is 3.63. The van der Waals surface area contributed by atoms with Crippen LogP contribution in [0.2, 0.25) is 5.02 Å². The van der Waals surface area contributed by atoms with Crippen molar-refractivity contribution in [3.8, 4) is 0 Å². The molecule has 2 rings (SSSR count). The number of hydrazone groups is 1. The number of carbonyl (C=O) groups excluding carboxylic acids is 1. The van der Waals surface area contributed by atoms with Crippen LogP contribution in [0.4, 0.5) is 0 Å². The molecule has 1 N–H and O–H groups in total. The minimum Gasteiger partial charge on any atom is -0.294 e. The van der Waals surface area contributed by atoms with E-state index in [1.165, 1.54) is 19.3 Å². The lowest BCUT2D eigenvalue weighted by Gasteiger charge is -2.25. The van der Waals surface area contributed by atoms with Gasteiger partial charge >= 0.3 is 0 Å². The molecular weight excluding hydrogens is 274 g/mol. The van der Waals surface area contributed by atoms with Gasteiger partial charge in [-0.15, -0.1) is 0 Å². The molecule has 1 heterocycles. The fourth-order valence-corrected chi connectivity index (χ4v) is 2.38. The molecule has 1 aliphatic rings. The van der Waals surface area contributed by atoms with E-state index in [1.54, 1.807) is 0 Å². The van der Waals surface area contributed by atoms with Gasteiger partial charge in [-0.2, -0.15) is 5.10 Å². The number of likely N-dealkylation sites (tertiary alicyclic amines) is 1. The van der Waals surface area contributed by atoms with Gasteiger partial charge in [0.1, 0.15) is 0 Å². The molecule has 1 aromatic carbocycles. The van der Waals surface area contributed by atoms with Gasteiger partial charge in [-0.1, -0.05) is 30.2 Å². The highest BCUT2D eigenvalue weighted by Crippen LogP contribution is 2.10. The summed E-state index contributed by atoms with van der Waals surface area (Å²) < 4.78 is 0. The Morgan fingerprint density at radius 2 is 1.90 bits per heavy atom. The predicted octanol–water partition coefficient (Wildman–Crippen LogP) is 2.67. The van der Waals surface area contributed by atoms with E-state index < -0.39 is 0 Å². The van der Waals surface area contributed by atoms with E-state index in [9.17, 15) is 4.79 Å². The number of nitrogens with zero attached hydrogens (tertiary/aromatic N) is 2. The molecule has 5 heteroatoms. The predicted molar refractivity (Wildman–Crippen MR) is 82.1 cm³/mol. The number of hydrogen-bond acceptors (Lipinski definition) is 3. The van der Waals surface area contributed by atoms with E-state index in [0.29, 0.717) is 11.6 Å². The van der Waals surface area contributed by atoms with Crippen molar-refractivity contribution in [2.24, 2.45) is 5.10 Å². The van der Waals surface area contributed by atoms with E-state index in [2.05, 4.69) is 15.4 Å². The number of halogens is 1. The summed E-state index contributed by atoms with van der Waals surface area (Å²) in [4.78, 5) is 14.0. The lowest BCUT2D eigenvalue weighted by Crippen LogP contribution is -2.38. The molecule has 1 fully saturated rings. The fourth-order valence-electron chi connectivity index (χ4n) is 2.26. The van der Waals surface area contributed by atoms with Crippen LogP contribution in [-0.2, 0) is 4.79 Å². The number of benzene rings is 1. The molecule has 108 valence electrons. The summed E-state index contributed by atoms with van der Waals surface area (Å²) in [5.74, 6) is -0.0554. The van der Waals surface area contributed by atoms with Gasteiger partial charge in [0, 0.05) is 5.02 Å². The molecular formula is C15H20ClN3O. The van der Waals surface area contributed by atoms with Gasteiger partial charge in [-0.3, -0.25) is 9.69 Å². The van der Waals surface area contributed by atoms with Crippen LogP contribution >= 0.6 is 11.6 Å². The molecule has 0 aliphatic carbocycles. The van der Waals surface area contributed by atoms with Crippen molar-refractivity contribution in [2.75, 3.05) is 19.6 Å². The molecule has 1 saturated heterocycles. The van der Waals surface area contributed by atoms with Crippen molar-refractivity contribution < 1.29 is 4.79 Å². The summed E-state index contributed by atoms with van der Waals surface area (Å²) in [5, 5.41) is 4.83. The highest BCUT2D eigenvalue weighted by atomic mass is 35.5. The van der Waals surface area contributed by atoms with E-state index >= 15 is 0 Å². The SMILES string of the molecule is C/C(=N\NC(=O)CN1CCCCC1)c1ccc(Cl)cc1. The van der Waals surface area contributed by atoms with E-state index in [0.717, 1.165) is 24.4 Å². The summed E-state index contributed by atoms with van der Waals surface area (Å²) >= 11 is 5.84. The van der Waals surface area contributed by atoms with Gasteiger partial charge in [0.25, 0.3) is 5.91 Å². The molecule has 0 saturated carbocycles. The lowest BCUT2D eigenvalue weighted by molar-refractivity contribution is -0.122. The average molecular weight is 294 g/mol. The van der Waals surface area contributed by atoms with Crippen molar-refractivity contribution in [3.05, 3.63) is 34.9 Å². The molecule has 0 radical (unpaired) electrons. The third-order valence-electron chi connectivity index (χ3n) is 3.43. The first-order valence-corrected chi connectivity index (χ1v) is 7.34. The maximum Gasteiger partial charge on any atom is 0.254 e. The molecule has 1 aliphatic heterocycles. The van der Waals surface area contributed by atoms with Gasteiger partial charge in [0.05, 0.1) is 12.3 Å². The fraction of sp³-hybridized carbons (Fsp3) is 0.467. The second-order valence-corrected chi connectivity index (χ2v) is 5.51. The van der Waals surface area contributed by atoms with Crippen LogP contribution in [0, 0.1) is 0 Å². The van der Waals surface area contributed by atoms with Crippen LogP contribution in [0.1, 0.15) is 31.7 Å². The maximum atomic E-state index is 11.8. The van der Waals surface area contributed by atoms with Crippen molar-refractivity contribution in [2.45, 2.75) is 26.2 Å². The second kappa shape index (κ2) is 7.41. The van der Waals surface area contributed by atoms with Crippen LogP contribution in [0.15, 0.2) is 29.4 Å². The Labute approximate surface area is 124 Å². The molecule has 20 heavy (non-hydrogen) atoms. The Morgan fingerprint density at radius 1 is 1.25 bits per heavy atom. The monoisotopic (exact) mass is 293 g/mol. The topological polar surface area (TPSA) is 44.7 Å². The minimum atomic E-state index is -0.0554. The Balaban J connectivity index is 1.84. The van der Waals surface area contributed by atoms with Gasteiger partial charge < -0.3 is 0 Å². The van der Waals surface area contributed by atoms with E-state index in [-0.39, 0.29) is 5.91 Å². The molecule has 0 unspecified atom stereocenters. The normalized spacial score (nSPS) is 17.0. The minimum absolute atomic E-state index is 0.0554. The van der Waals surface area contributed by atoms with Crippen LogP contribution < -0.4 is 5.43 Å². The standard InChI is InChI=1S/C15H20ClN3O/c1-12(13-5-7-14(16)8-6-13)17-18-15(20)11-19-9-3-2-4-10-19/h5-8H,2-4,9-11H2,1H3,(H,18,20)/b17-12+. The summed E-state index contributed by atoms with van der Waals surface area (Å²) in [5.41, 5.74) is 4.34. The first kappa shape index (κ1) is 15.0. The van der Waals surface area contributed by atoms with Crippen molar-refractivity contribution >= 4 is 23.2 Å². The second-order valence-electron chi connectivity index (χ2n) is 5.08. The smallest absolute Gasteiger partial charge is 0.254 e. The molecule has 0 atom stereocenters. The van der Waals surface area contributed by atoms with Crippen LogP contribution in [0.3, 0.4) is 0 Å². The molecule has 0 spiro atoms. The summed E-state index contributed by atoms with van der Waals surface area (Å²) in [7, 11) is 0. The highest BCUT2D eigenvalue weighted by molar-refractivity contribution is 6.30. The highest BCUT2D eigenvalue weighted by Gasteiger charge is 2.13. The van der Waals surface area contributed by atoms with Gasteiger partial charge in [-0.25, -0.2) is 5.43 Å². The largest absolute Gasteiger partial charge is 0.294 e. The maximum absolute atomic E-state index is 11.8. The summed E-state index contributed by atoms with van der Waals surface area (Å²) in [6.45, 7) is 4.31. The summed E-state index contributed by atoms with van der Waals surface area (Å²) in [6, 6.07) is 7.40. The Hall–Kier alpha value is -1.39. The molecule has 0 aromatic heterocycles. The first-order valence-electron chi connectivity index (χ1n) is 6.96. The van der Waals surface area contributed by atoms with E-state index in [1.807, 2.05) is 31.2 Å². The van der Waals surface area contributed by atoms with Crippen LogP contribution in [-0.4, -0.2) is 36.2 Å². The number of carbonyl (C=O) groups is 1. The Kier molecular flexibility index (Phi) is 5.56. The molecule has 1 amide bonds. The molecule has 0 bridgehead atoms. The Morgan fingerprint density at radius 3 is 2.55 bits per heavy atom. The number of hydrogen-bond donors (Lipinski definition) is 1. The van der Waals surface area contributed by atoms with E-state index in [4.69, 9.17) is 11.6 Å². The zero-order valence-corrected chi connectivity index (χ0v) is 12.5. The lowest BCUT2D eigenvalue weighted by atomic mass is 10.1. The van der Waals surface area contributed by atoms with Crippen molar-refractivity contribution in [3.63, 3.8) is 0 Å². The quantitative estimate of drug-likeness (QED) is 0.685. The average Bonchev–Trinajstić information content (AvgIpc) is 2.46. The van der Waals surface area contributed by atoms with Crippen molar-refractivity contribution in [1.29, 1.82) is 0 Å². The van der Waals surface area contributed by atoms with Crippen LogP contribution in [0.25, 0.3) is 0 Å². The number of piperidine rings is 1. The van der Waals surface area contributed by atoms with Crippen LogP contribution in [0.5, 0.6) is 0 Å². The van der Waals surface area contributed by atoms with Crippen molar-refractivity contribution in [1.82, 2.24) is 10.3 Å². The third kappa shape index (κ3) is 4.62. The number of rotatable bonds is 4.